The average Bonchev–Trinajstić information content (AvgIpc) is 2.04. The summed E-state index contributed by atoms with van der Waals surface area (Å²) in [6.07, 6.45) is 3.79. The first kappa shape index (κ1) is 9.62. The van der Waals surface area contributed by atoms with Gasteiger partial charge in [0.25, 0.3) is 0 Å². The van der Waals surface area contributed by atoms with Gasteiger partial charge < -0.3 is 4.74 Å². The number of hydrogen-bond acceptors (Lipinski definition) is 2. The molecule has 1 atom stereocenters. The van der Waals surface area contributed by atoms with E-state index in [0.29, 0.717) is 17.2 Å². The van der Waals surface area contributed by atoms with Crippen LogP contribution >= 0.6 is 23.2 Å². The van der Waals surface area contributed by atoms with E-state index in [1.54, 1.807) is 12.2 Å². The molecule has 0 radical (unpaired) electrons. The molecule has 66 valence electrons. The van der Waals surface area contributed by atoms with Crippen LogP contribution in [0.1, 0.15) is 6.42 Å². The summed E-state index contributed by atoms with van der Waals surface area (Å²) >= 11 is 11.1. The van der Waals surface area contributed by atoms with Gasteiger partial charge in [-0.05, 0) is 17.7 Å². The lowest BCUT2D eigenvalue weighted by Gasteiger charge is -2.14. The molecule has 0 saturated heterocycles. The van der Waals surface area contributed by atoms with Gasteiger partial charge in [-0.25, -0.2) is 0 Å². The minimum atomic E-state index is -0.389. The van der Waals surface area contributed by atoms with E-state index in [0.717, 1.165) is 0 Å². The van der Waals surface area contributed by atoms with Crippen LogP contribution in [0.4, 0.5) is 0 Å². The normalized spacial score (nSPS) is 22.8. The van der Waals surface area contributed by atoms with Gasteiger partial charge in [-0.1, -0.05) is 17.7 Å². The molecule has 0 amide bonds. The zero-order valence-corrected chi connectivity index (χ0v) is 8.02. The van der Waals surface area contributed by atoms with Crippen molar-refractivity contribution in [3.63, 3.8) is 0 Å². The van der Waals surface area contributed by atoms with Crippen LogP contribution in [-0.2, 0) is 9.53 Å². The minimum absolute atomic E-state index is 0.307. The lowest BCUT2D eigenvalue weighted by molar-refractivity contribution is -0.113. The SMILES string of the molecule is COC1=C(Cl)CC(C(=O)Cl)C=C1. The summed E-state index contributed by atoms with van der Waals surface area (Å²) in [4.78, 5) is 10.7. The molecule has 1 aliphatic carbocycles. The Labute approximate surface area is 80.8 Å². The Balaban J connectivity index is 2.74. The van der Waals surface area contributed by atoms with Gasteiger partial charge in [0.05, 0.1) is 18.1 Å². The molecule has 1 rings (SSSR count). The van der Waals surface area contributed by atoms with E-state index in [1.165, 1.54) is 7.11 Å². The van der Waals surface area contributed by atoms with Crippen molar-refractivity contribution in [2.24, 2.45) is 5.92 Å². The molecule has 0 aromatic heterocycles. The molecule has 12 heavy (non-hydrogen) atoms. The molecular formula is C8H8Cl2O2. The maximum absolute atomic E-state index is 10.7. The van der Waals surface area contributed by atoms with Gasteiger partial charge in [0.15, 0.2) is 0 Å². The summed E-state index contributed by atoms with van der Waals surface area (Å²) in [5.74, 6) is 0.295. The molecule has 0 N–H and O–H groups in total. The van der Waals surface area contributed by atoms with Crippen LogP contribution < -0.4 is 0 Å². The number of carbonyl (C=O) groups excluding carboxylic acids is 1. The molecule has 2 nitrogen and oxygen atoms in total. The fraction of sp³-hybridized carbons (Fsp3) is 0.375. The van der Waals surface area contributed by atoms with Gasteiger partial charge in [-0.2, -0.15) is 0 Å². The lowest BCUT2D eigenvalue weighted by atomic mass is 10.0. The van der Waals surface area contributed by atoms with Crippen LogP contribution in [0.2, 0.25) is 0 Å². The smallest absolute Gasteiger partial charge is 0.228 e. The van der Waals surface area contributed by atoms with Crippen LogP contribution in [0, 0.1) is 5.92 Å². The van der Waals surface area contributed by atoms with Gasteiger partial charge in [-0.15, -0.1) is 0 Å². The maximum Gasteiger partial charge on any atom is 0.228 e. The Morgan fingerprint density at radius 3 is 2.83 bits per heavy atom. The largest absolute Gasteiger partial charge is 0.496 e. The standard InChI is InChI=1S/C8H8Cl2O2/c1-12-7-3-2-5(8(10)11)4-6(7)9/h2-3,5H,4H2,1H3. The summed E-state index contributed by atoms with van der Waals surface area (Å²) in [5, 5.41) is 0.151. The fourth-order valence-corrected chi connectivity index (χ4v) is 1.45. The first-order valence-electron chi connectivity index (χ1n) is 3.45. The Bertz CT molecular complexity index is 256. The second-order valence-electron chi connectivity index (χ2n) is 2.45. The van der Waals surface area contributed by atoms with Crippen molar-refractivity contribution in [2.75, 3.05) is 7.11 Å². The summed E-state index contributed by atoms with van der Waals surface area (Å²) in [7, 11) is 1.53. The number of rotatable bonds is 2. The molecule has 0 aliphatic heterocycles. The van der Waals surface area contributed by atoms with Gasteiger partial charge in [-0.3, -0.25) is 4.79 Å². The number of carbonyl (C=O) groups is 1. The molecule has 0 aromatic rings. The van der Waals surface area contributed by atoms with Gasteiger partial charge in [0.2, 0.25) is 5.24 Å². The number of hydrogen-bond donors (Lipinski definition) is 0. The molecule has 0 spiro atoms. The first-order chi connectivity index (χ1) is 5.65. The lowest BCUT2D eigenvalue weighted by Crippen LogP contribution is -2.09. The third-order valence-corrected chi connectivity index (χ3v) is 2.28. The van der Waals surface area contributed by atoms with E-state index in [4.69, 9.17) is 27.9 Å². The molecule has 1 unspecified atom stereocenters. The summed E-state index contributed by atoms with van der Waals surface area (Å²) in [6, 6.07) is 0. The average molecular weight is 207 g/mol. The van der Waals surface area contributed by atoms with Crippen LogP contribution in [-0.4, -0.2) is 12.4 Å². The predicted molar refractivity (Wildman–Crippen MR) is 48.0 cm³/mol. The molecule has 4 heteroatoms. The number of allylic oxidation sites excluding steroid dienone is 3. The minimum Gasteiger partial charge on any atom is -0.496 e. The van der Waals surface area contributed by atoms with Crippen molar-refractivity contribution in [1.82, 2.24) is 0 Å². The molecule has 1 aliphatic rings. The Morgan fingerprint density at radius 1 is 1.75 bits per heavy atom. The molecular weight excluding hydrogens is 199 g/mol. The summed E-state index contributed by atoms with van der Waals surface area (Å²) < 4.78 is 4.94. The zero-order valence-electron chi connectivity index (χ0n) is 6.51. The second kappa shape index (κ2) is 3.97. The summed E-state index contributed by atoms with van der Waals surface area (Å²) in [5.41, 5.74) is 0. The first-order valence-corrected chi connectivity index (χ1v) is 4.21. The van der Waals surface area contributed by atoms with E-state index in [-0.39, 0.29) is 11.2 Å². The Morgan fingerprint density at radius 2 is 2.42 bits per heavy atom. The van der Waals surface area contributed by atoms with Crippen LogP contribution in [0.15, 0.2) is 22.9 Å². The van der Waals surface area contributed by atoms with Crippen molar-refractivity contribution >= 4 is 28.4 Å². The van der Waals surface area contributed by atoms with Gasteiger partial charge in [0, 0.05) is 6.42 Å². The highest BCUT2D eigenvalue weighted by atomic mass is 35.5. The number of halogens is 2. The molecule has 0 bridgehead atoms. The topological polar surface area (TPSA) is 26.3 Å². The van der Waals surface area contributed by atoms with Crippen molar-refractivity contribution in [3.05, 3.63) is 22.9 Å². The molecule has 0 aromatic carbocycles. The highest BCUT2D eigenvalue weighted by molar-refractivity contribution is 6.64. The molecule has 0 saturated carbocycles. The van der Waals surface area contributed by atoms with Crippen LogP contribution in [0.5, 0.6) is 0 Å². The van der Waals surface area contributed by atoms with Crippen LogP contribution in [0.25, 0.3) is 0 Å². The second-order valence-corrected chi connectivity index (χ2v) is 3.28. The van der Waals surface area contributed by atoms with Crippen molar-refractivity contribution in [2.45, 2.75) is 6.42 Å². The number of methoxy groups -OCH3 is 1. The van der Waals surface area contributed by atoms with E-state index in [1.807, 2.05) is 0 Å². The quantitative estimate of drug-likeness (QED) is 0.650. The van der Waals surface area contributed by atoms with Crippen LogP contribution in [0.3, 0.4) is 0 Å². The Kier molecular flexibility index (Phi) is 3.18. The van der Waals surface area contributed by atoms with Gasteiger partial charge in [0.1, 0.15) is 5.76 Å². The number of ether oxygens (including phenoxy) is 1. The third-order valence-electron chi connectivity index (χ3n) is 1.66. The zero-order chi connectivity index (χ0) is 9.14. The van der Waals surface area contributed by atoms with Gasteiger partial charge >= 0.3 is 0 Å². The van der Waals surface area contributed by atoms with Crippen molar-refractivity contribution in [1.29, 1.82) is 0 Å². The highest BCUT2D eigenvalue weighted by Gasteiger charge is 2.20. The van der Waals surface area contributed by atoms with E-state index < -0.39 is 0 Å². The Hall–Kier alpha value is -0.470. The van der Waals surface area contributed by atoms with Crippen molar-refractivity contribution in [3.8, 4) is 0 Å². The predicted octanol–water partition coefficient (Wildman–Crippen LogP) is 2.42. The fourth-order valence-electron chi connectivity index (χ4n) is 0.990. The summed E-state index contributed by atoms with van der Waals surface area (Å²) in [6.45, 7) is 0. The monoisotopic (exact) mass is 206 g/mol. The maximum atomic E-state index is 10.7. The highest BCUT2D eigenvalue weighted by Crippen LogP contribution is 2.27. The van der Waals surface area contributed by atoms with E-state index in [2.05, 4.69) is 0 Å². The third kappa shape index (κ3) is 2.02. The molecule has 0 fully saturated rings. The van der Waals surface area contributed by atoms with Crippen molar-refractivity contribution < 1.29 is 9.53 Å². The molecule has 0 heterocycles. The van der Waals surface area contributed by atoms with E-state index in [9.17, 15) is 4.79 Å². The van der Waals surface area contributed by atoms with E-state index >= 15 is 0 Å².